The molecule has 0 atom stereocenters. The second-order valence-electron chi connectivity index (χ2n) is 6.86. The molecule has 0 radical (unpaired) electrons. The predicted molar refractivity (Wildman–Crippen MR) is 115 cm³/mol. The Labute approximate surface area is 176 Å². The lowest BCUT2D eigenvalue weighted by atomic mass is 10.1. The van der Waals surface area contributed by atoms with Crippen molar-refractivity contribution in [3.05, 3.63) is 46.0 Å². The lowest BCUT2D eigenvalue weighted by Gasteiger charge is -2.27. The normalized spacial score (nSPS) is 14.0. The van der Waals surface area contributed by atoms with E-state index in [0.717, 1.165) is 44.2 Å². The molecule has 0 fully saturated rings. The smallest absolute Gasteiger partial charge is 0.224 e. The summed E-state index contributed by atoms with van der Waals surface area (Å²) in [6.07, 6.45) is 3.91. The molecule has 0 saturated heterocycles. The fourth-order valence-corrected chi connectivity index (χ4v) is 4.06. The van der Waals surface area contributed by atoms with E-state index in [-0.39, 0.29) is 5.91 Å². The van der Waals surface area contributed by atoms with Gasteiger partial charge in [0.15, 0.2) is 5.96 Å². The van der Waals surface area contributed by atoms with E-state index >= 15 is 0 Å². The highest BCUT2D eigenvalue weighted by Crippen LogP contribution is 2.24. The lowest BCUT2D eigenvalue weighted by Crippen LogP contribution is -2.41. The molecule has 0 aromatic carbocycles. The number of rotatable bonds is 10. The van der Waals surface area contributed by atoms with Crippen LogP contribution in [0.15, 0.2) is 39.3 Å². The van der Waals surface area contributed by atoms with Crippen LogP contribution in [0, 0.1) is 0 Å². The first-order valence-corrected chi connectivity index (χ1v) is 11.1. The molecular weight excluding hydrogens is 388 g/mol. The van der Waals surface area contributed by atoms with Crippen LogP contribution in [0.2, 0.25) is 0 Å². The fourth-order valence-electron chi connectivity index (χ4n) is 3.17. The molecule has 158 valence electrons. The van der Waals surface area contributed by atoms with Crippen LogP contribution in [0.1, 0.15) is 36.0 Å². The Morgan fingerprint density at radius 3 is 3.14 bits per heavy atom. The third kappa shape index (κ3) is 6.90. The zero-order chi connectivity index (χ0) is 20.3. The molecule has 0 spiro atoms. The SMILES string of the molecule is CCNC(=NCCCOCc1ccco1)NCCC(=O)N1CCc2sccc2C1. The van der Waals surface area contributed by atoms with Gasteiger partial charge in [-0.05, 0) is 48.9 Å². The number of thiophene rings is 1. The topological polar surface area (TPSA) is 79.1 Å². The van der Waals surface area contributed by atoms with Gasteiger partial charge in [-0.2, -0.15) is 0 Å². The highest BCUT2D eigenvalue weighted by molar-refractivity contribution is 7.10. The summed E-state index contributed by atoms with van der Waals surface area (Å²) in [5.41, 5.74) is 1.30. The number of carbonyl (C=O) groups is 1. The van der Waals surface area contributed by atoms with Crippen LogP contribution >= 0.6 is 11.3 Å². The molecule has 3 rings (SSSR count). The first kappa shape index (κ1) is 21.4. The number of carbonyl (C=O) groups excluding carboxylic acids is 1. The highest BCUT2D eigenvalue weighted by Gasteiger charge is 2.20. The van der Waals surface area contributed by atoms with Gasteiger partial charge in [0.1, 0.15) is 12.4 Å². The monoisotopic (exact) mass is 418 g/mol. The quantitative estimate of drug-likeness (QED) is 0.352. The van der Waals surface area contributed by atoms with Gasteiger partial charge in [0, 0.05) is 50.6 Å². The Morgan fingerprint density at radius 1 is 1.38 bits per heavy atom. The maximum atomic E-state index is 12.5. The molecule has 1 aliphatic heterocycles. The Balaban J connectivity index is 1.32. The van der Waals surface area contributed by atoms with Crippen molar-refractivity contribution < 1.29 is 13.9 Å². The van der Waals surface area contributed by atoms with Crippen molar-refractivity contribution in [3.8, 4) is 0 Å². The lowest BCUT2D eigenvalue weighted by molar-refractivity contribution is -0.131. The van der Waals surface area contributed by atoms with Gasteiger partial charge in [0.2, 0.25) is 5.91 Å². The molecular formula is C21H30N4O3S. The summed E-state index contributed by atoms with van der Waals surface area (Å²) in [6.45, 7) is 6.72. The Bertz CT molecular complexity index is 773. The van der Waals surface area contributed by atoms with E-state index in [9.17, 15) is 4.79 Å². The number of guanidine groups is 1. The molecule has 3 heterocycles. The number of hydrogen-bond donors (Lipinski definition) is 2. The van der Waals surface area contributed by atoms with E-state index in [2.05, 4.69) is 27.1 Å². The van der Waals surface area contributed by atoms with E-state index in [1.165, 1.54) is 10.4 Å². The Hall–Kier alpha value is -2.32. The van der Waals surface area contributed by atoms with Gasteiger partial charge in [-0.15, -0.1) is 11.3 Å². The number of amides is 1. The van der Waals surface area contributed by atoms with Crippen LogP contribution in [0.3, 0.4) is 0 Å². The number of furan rings is 1. The number of nitrogens with one attached hydrogen (secondary N) is 2. The maximum Gasteiger partial charge on any atom is 0.224 e. The number of ether oxygens (including phenoxy) is 1. The van der Waals surface area contributed by atoms with Crippen LogP contribution in [0.5, 0.6) is 0 Å². The van der Waals surface area contributed by atoms with Crippen molar-refractivity contribution in [2.24, 2.45) is 4.99 Å². The van der Waals surface area contributed by atoms with E-state index in [1.807, 2.05) is 24.0 Å². The summed E-state index contributed by atoms with van der Waals surface area (Å²) in [5.74, 6) is 1.76. The van der Waals surface area contributed by atoms with E-state index in [1.54, 1.807) is 17.6 Å². The molecule has 29 heavy (non-hydrogen) atoms. The average Bonchev–Trinajstić information content (AvgIpc) is 3.41. The molecule has 0 saturated carbocycles. The van der Waals surface area contributed by atoms with Gasteiger partial charge in [-0.3, -0.25) is 9.79 Å². The van der Waals surface area contributed by atoms with Gasteiger partial charge in [-0.1, -0.05) is 0 Å². The zero-order valence-corrected chi connectivity index (χ0v) is 17.8. The summed E-state index contributed by atoms with van der Waals surface area (Å²) in [6, 6.07) is 5.88. The third-order valence-corrected chi connectivity index (χ3v) is 5.70. The summed E-state index contributed by atoms with van der Waals surface area (Å²) >= 11 is 1.79. The second kappa shape index (κ2) is 11.6. The van der Waals surface area contributed by atoms with Gasteiger partial charge in [-0.25, -0.2) is 0 Å². The van der Waals surface area contributed by atoms with Crippen molar-refractivity contribution in [2.75, 3.05) is 32.8 Å². The molecule has 7 nitrogen and oxygen atoms in total. The molecule has 2 aromatic rings. The largest absolute Gasteiger partial charge is 0.467 e. The third-order valence-electron chi connectivity index (χ3n) is 4.68. The molecule has 1 aliphatic rings. The number of aliphatic imine (C=N–C) groups is 1. The highest BCUT2D eigenvalue weighted by atomic mass is 32.1. The fraction of sp³-hybridized carbons (Fsp3) is 0.524. The minimum atomic E-state index is 0.191. The van der Waals surface area contributed by atoms with Gasteiger partial charge in [0.25, 0.3) is 0 Å². The summed E-state index contributed by atoms with van der Waals surface area (Å²) in [4.78, 5) is 20.4. The number of fused-ring (bicyclic) bond motifs is 1. The van der Waals surface area contributed by atoms with Crippen molar-refractivity contribution in [1.82, 2.24) is 15.5 Å². The summed E-state index contributed by atoms with van der Waals surface area (Å²) < 4.78 is 10.8. The molecule has 2 N–H and O–H groups in total. The van der Waals surface area contributed by atoms with Gasteiger partial charge >= 0.3 is 0 Å². The van der Waals surface area contributed by atoms with Crippen LogP contribution in [-0.2, 0) is 29.1 Å². The maximum absolute atomic E-state index is 12.5. The molecule has 8 heteroatoms. The first-order valence-electron chi connectivity index (χ1n) is 10.2. The van der Waals surface area contributed by atoms with Crippen LogP contribution in [0.4, 0.5) is 0 Å². The number of hydrogen-bond acceptors (Lipinski definition) is 5. The summed E-state index contributed by atoms with van der Waals surface area (Å²) in [5, 5.41) is 8.59. The van der Waals surface area contributed by atoms with Crippen LogP contribution < -0.4 is 10.6 Å². The van der Waals surface area contributed by atoms with Crippen LogP contribution in [-0.4, -0.2) is 49.6 Å². The zero-order valence-electron chi connectivity index (χ0n) is 17.0. The van der Waals surface area contributed by atoms with E-state index in [4.69, 9.17) is 9.15 Å². The summed E-state index contributed by atoms with van der Waals surface area (Å²) in [7, 11) is 0. The molecule has 0 aliphatic carbocycles. The molecule has 0 unspecified atom stereocenters. The standard InChI is InChI=1S/C21H30N4O3S/c1-2-22-21(23-9-4-12-27-16-18-5-3-13-28-18)24-10-6-20(26)25-11-7-19-17(15-25)8-14-29-19/h3,5,8,13-14H,2,4,6-7,9-12,15-16H2,1H3,(H2,22,23,24). The Morgan fingerprint density at radius 2 is 2.31 bits per heavy atom. The Kier molecular flexibility index (Phi) is 8.58. The van der Waals surface area contributed by atoms with Gasteiger partial charge < -0.3 is 24.7 Å². The van der Waals surface area contributed by atoms with E-state index < -0.39 is 0 Å². The van der Waals surface area contributed by atoms with Crippen LogP contribution in [0.25, 0.3) is 0 Å². The van der Waals surface area contributed by atoms with Crippen molar-refractivity contribution in [3.63, 3.8) is 0 Å². The minimum Gasteiger partial charge on any atom is -0.467 e. The minimum absolute atomic E-state index is 0.191. The average molecular weight is 419 g/mol. The van der Waals surface area contributed by atoms with E-state index in [0.29, 0.717) is 32.7 Å². The van der Waals surface area contributed by atoms with Gasteiger partial charge in [0.05, 0.1) is 6.26 Å². The van der Waals surface area contributed by atoms with Crippen molar-refractivity contribution in [2.45, 2.75) is 39.3 Å². The van der Waals surface area contributed by atoms with Crippen molar-refractivity contribution >= 4 is 23.2 Å². The molecule has 2 aromatic heterocycles. The number of nitrogens with zero attached hydrogens (tertiary/aromatic N) is 2. The van der Waals surface area contributed by atoms with Crippen molar-refractivity contribution in [1.29, 1.82) is 0 Å². The molecule has 1 amide bonds. The predicted octanol–water partition coefficient (Wildman–Crippen LogP) is 2.78. The molecule has 0 bridgehead atoms. The second-order valence-corrected chi connectivity index (χ2v) is 7.86. The first-order chi connectivity index (χ1) is 14.3.